The molecule has 6 heteroatoms. The highest BCUT2D eigenvalue weighted by molar-refractivity contribution is 5.81. The number of oxime groups is 1. The molecule has 0 aliphatic carbocycles. The second-order valence-electron chi connectivity index (χ2n) is 4.70. The number of amidine groups is 1. The highest BCUT2D eigenvalue weighted by Crippen LogP contribution is 2.05. The van der Waals surface area contributed by atoms with Gasteiger partial charge in [-0.1, -0.05) is 35.5 Å². The van der Waals surface area contributed by atoms with Crippen LogP contribution in [0.25, 0.3) is 0 Å². The van der Waals surface area contributed by atoms with Gasteiger partial charge in [-0.05, 0) is 12.0 Å². The van der Waals surface area contributed by atoms with E-state index in [2.05, 4.69) is 5.16 Å². The Morgan fingerprint density at radius 1 is 1.29 bits per heavy atom. The molecule has 1 rings (SSSR count). The molecular weight excluding hydrogens is 270 g/mol. The monoisotopic (exact) mass is 293 g/mol. The van der Waals surface area contributed by atoms with Crippen LogP contribution >= 0.6 is 0 Å². The molecule has 1 aromatic carbocycles. The number of amides is 1. The van der Waals surface area contributed by atoms with E-state index in [0.29, 0.717) is 39.0 Å². The molecule has 0 aliphatic heterocycles. The van der Waals surface area contributed by atoms with E-state index in [1.165, 1.54) is 0 Å². The van der Waals surface area contributed by atoms with Crippen molar-refractivity contribution in [2.45, 2.75) is 19.3 Å². The van der Waals surface area contributed by atoms with Crippen LogP contribution in [0.1, 0.15) is 18.4 Å². The molecule has 6 nitrogen and oxygen atoms in total. The van der Waals surface area contributed by atoms with Crippen LogP contribution in [0.15, 0.2) is 35.5 Å². The predicted molar refractivity (Wildman–Crippen MR) is 81.2 cm³/mol. The highest BCUT2D eigenvalue weighted by atomic mass is 16.5. The molecule has 0 unspecified atom stereocenters. The molecule has 1 aromatic rings. The van der Waals surface area contributed by atoms with Crippen molar-refractivity contribution in [1.82, 2.24) is 4.90 Å². The number of aryl methyl sites for hydroxylation is 1. The van der Waals surface area contributed by atoms with Gasteiger partial charge in [-0.15, -0.1) is 0 Å². The van der Waals surface area contributed by atoms with Gasteiger partial charge in [0.25, 0.3) is 0 Å². The SMILES string of the molecule is COCCN(CCC(N)=NO)C(=O)CCc1ccccc1. The van der Waals surface area contributed by atoms with Gasteiger partial charge in [0.15, 0.2) is 0 Å². The number of nitrogens with two attached hydrogens (primary N) is 1. The van der Waals surface area contributed by atoms with Crippen molar-refractivity contribution in [3.63, 3.8) is 0 Å². The van der Waals surface area contributed by atoms with Gasteiger partial charge >= 0.3 is 0 Å². The van der Waals surface area contributed by atoms with Crippen LogP contribution in [0.4, 0.5) is 0 Å². The number of ether oxygens (including phenoxy) is 1. The molecule has 0 spiro atoms. The maximum atomic E-state index is 12.3. The summed E-state index contributed by atoms with van der Waals surface area (Å²) in [6.07, 6.45) is 1.48. The quantitative estimate of drug-likeness (QED) is 0.310. The molecule has 0 aromatic heterocycles. The number of carbonyl (C=O) groups excluding carboxylic acids is 1. The molecular formula is C15H23N3O3. The second-order valence-corrected chi connectivity index (χ2v) is 4.70. The number of benzene rings is 1. The summed E-state index contributed by atoms with van der Waals surface area (Å²) in [7, 11) is 1.59. The fraction of sp³-hybridized carbons (Fsp3) is 0.467. The molecule has 0 aliphatic rings. The lowest BCUT2D eigenvalue weighted by atomic mass is 10.1. The second kappa shape index (κ2) is 9.77. The van der Waals surface area contributed by atoms with Crippen molar-refractivity contribution < 1.29 is 14.7 Å². The fourth-order valence-corrected chi connectivity index (χ4v) is 1.92. The molecule has 0 atom stereocenters. The van der Waals surface area contributed by atoms with Crippen molar-refractivity contribution in [2.24, 2.45) is 10.9 Å². The summed E-state index contributed by atoms with van der Waals surface area (Å²) in [6, 6.07) is 9.88. The Morgan fingerprint density at radius 2 is 2.00 bits per heavy atom. The van der Waals surface area contributed by atoms with Crippen molar-refractivity contribution >= 4 is 11.7 Å². The van der Waals surface area contributed by atoms with Crippen LogP contribution in [0.3, 0.4) is 0 Å². The zero-order chi connectivity index (χ0) is 15.5. The van der Waals surface area contributed by atoms with Crippen molar-refractivity contribution in [3.8, 4) is 0 Å². The molecule has 0 saturated carbocycles. The molecule has 0 saturated heterocycles. The van der Waals surface area contributed by atoms with E-state index in [-0.39, 0.29) is 11.7 Å². The Kier molecular flexibility index (Phi) is 7.89. The third-order valence-corrected chi connectivity index (χ3v) is 3.15. The summed E-state index contributed by atoms with van der Waals surface area (Å²) >= 11 is 0. The standard InChI is InChI=1S/C15H23N3O3/c1-21-12-11-18(10-9-14(16)17-20)15(19)8-7-13-5-3-2-4-6-13/h2-6,20H,7-12H2,1H3,(H2,16,17). The minimum absolute atomic E-state index is 0.0432. The Morgan fingerprint density at radius 3 is 2.62 bits per heavy atom. The molecule has 1 amide bonds. The number of nitrogens with zero attached hydrogens (tertiary/aromatic N) is 2. The molecule has 21 heavy (non-hydrogen) atoms. The summed E-state index contributed by atoms with van der Waals surface area (Å²) < 4.78 is 5.01. The topological polar surface area (TPSA) is 88.2 Å². The van der Waals surface area contributed by atoms with E-state index in [1.807, 2.05) is 30.3 Å². The third kappa shape index (κ3) is 6.76. The summed E-state index contributed by atoms with van der Waals surface area (Å²) in [5, 5.41) is 11.5. The van der Waals surface area contributed by atoms with Gasteiger partial charge < -0.3 is 20.6 Å². The van der Waals surface area contributed by atoms with Crippen LogP contribution in [-0.4, -0.2) is 48.7 Å². The highest BCUT2D eigenvalue weighted by Gasteiger charge is 2.13. The Hall–Kier alpha value is -2.08. The van der Waals surface area contributed by atoms with E-state index in [0.717, 1.165) is 5.56 Å². The van der Waals surface area contributed by atoms with E-state index in [4.69, 9.17) is 15.7 Å². The van der Waals surface area contributed by atoms with Gasteiger partial charge in [0, 0.05) is 33.0 Å². The normalized spacial score (nSPS) is 11.4. The summed E-state index contributed by atoms with van der Waals surface area (Å²) in [6.45, 7) is 1.39. The maximum Gasteiger partial charge on any atom is 0.222 e. The lowest BCUT2D eigenvalue weighted by Gasteiger charge is -2.22. The van der Waals surface area contributed by atoms with Gasteiger partial charge in [0.1, 0.15) is 5.84 Å². The molecule has 0 fully saturated rings. The zero-order valence-electron chi connectivity index (χ0n) is 12.4. The maximum absolute atomic E-state index is 12.3. The van der Waals surface area contributed by atoms with Gasteiger partial charge in [-0.25, -0.2) is 0 Å². The first kappa shape index (κ1) is 17.0. The molecule has 0 heterocycles. The first-order valence-electron chi connectivity index (χ1n) is 6.94. The summed E-state index contributed by atoms with van der Waals surface area (Å²) in [5.41, 5.74) is 6.58. The molecule has 116 valence electrons. The summed E-state index contributed by atoms with van der Waals surface area (Å²) in [4.78, 5) is 13.9. The first-order chi connectivity index (χ1) is 10.2. The Balaban J connectivity index is 2.49. The lowest BCUT2D eigenvalue weighted by Crippen LogP contribution is -2.36. The first-order valence-corrected chi connectivity index (χ1v) is 6.94. The minimum atomic E-state index is 0.0432. The minimum Gasteiger partial charge on any atom is -0.409 e. The Labute approximate surface area is 125 Å². The van der Waals surface area contributed by atoms with Crippen LogP contribution in [-0.2, 0) is 16.0 Å². The largest absolute Gasteiger partial charge is 0.409 e. The number of hydrogen-bond donors (Lipinski definition) is 2. The average molecular weight is 293 g/mol. The van der Waals surface area contributed by atoms with Gasteiger partial charge in [-0.3, -0.25) is 4.79 Å². The van der Waals surface area contributed by atoms with E-state index >= 15 is 0 Å². The number of rotatable bonds is 9. The lowest BCUT2D eigenvalue weighted by molar-refractivity contribution is -0.131. The fourth-order valence-electron chi connectivity index (χ4n) is 1.92. The van der Waals surface area contributed by atoms with Crippen LogP contribution in [0.2, 0.25) is 0 Å². The Bertz CT molecular complexity index is 449. The zero-order valence-corrected chi connectivity index (χ0v) is 12.4. The van der Waals surface area contributed by atoms with Crippen LogP contribution in [0.5, 0.6) is 0 Å². The van der Waals surface area contributed by atoms with E-state index < -0.39 is 0 Å². The van der Waals surface area contributed by atoms with Crippen molar-refractivity contribution in [3.05, 3.63) is 35.9 Å². The number of methoxy groups -OCH3 is 1. The van der Waals surface area contributed by atoms with Crippen LogP contribution in [0, 0.1) is 0 Å². The third-order valence-electron chi connectivity index (χ3n) is 3.15. The smallest absolute Gasteiger partial charge is 0.222 e. The molecule has 3 N–H and O–H groups in total. The predicted octanol–water partition coefficient (Wildman–Crippen LogP) is 1.23. The number of hydrogen-bond acceptors (Lipinski definition) is 4. The van der Waals surface area contributed by atoms with Crippen LogP contribution < -0.4 is 5.73 Å². The van der Waals surface area contributed by atoms with E-state index in [1.54, 1.807) is 12.0 Å². The average Bonchev–Trinajstić information content (AvgIpc) is 2.53. The van der Waals surface area contributed by atoms with Gasteiger partial charge in [-0.2, -0.15) is 0 Å². The van der Waals surface area contributed by atoms with Crippen molar-refractivity contribution in [2.75, 3.05) is 26.8 Å². The van der Waals surface area contributed by atoms with E-state index in [9.17, 15) is 4.79 Å². The van der Waals surface area contributed by atoms with Gasteiger partial charge in [0.2, 0.25) is 5.91 Å². The molecule has 0 bridgehead atoms. The number of carbonyl (C=O) groups is 1. The van der Waals surface area contributed by atoms with Gasteiger partial charge in [0.05, 0.1) is 6.61 Å². The summed E-state index contributed by atoms with van der Waals surface area (Å²) in [5.74, 6) is 0.162. The van der Waals surface area contributed by atoms with Crippen molar-refractivity contribution in [1.29, 1.82) is 0 Å². The molecule has 0 radical (unpaired) electrons.